The summed E-state index contributed by atoms with van der Waals surface area (Å²) in [5.74, 6) is 2.69. The van der Waals surface area contributed by atoms with Crippen LogP contribution in [0.15, 0.2) is 24.3 Å². The normalized spacial score (nSPS) is 18.9. The number of hydrogen-bond acceptors (Lipinski definition) is 4. The van der Waals surface area contributed by atoms with Crippen LogP contribution in [0.4, 0.5) is 5.69 Å². The first-order chi connectivity index (χ1) is 8.24. The summed E-state index contributed by atoms with van der Waals surface area (Å²) < 4.78 is 5.36. The zero-order valence-corrected chi connectivity index (χ0v) is 10.3. The number of thioether (sulfide) groups is 1. The SMILES string of the molecule is Nc1cccc(OCC(=O)NC2CCSC2)c1. The minimum Gasteiger partial charge on any atom is -0.484 e. The Morgan fingerprint density at radius 2 is 2.47 bits per heavy atom. The standard InChI is InChI=1S/C12H16N2O2S/c13-9-2-1-3-11(6-9)16-7-12(15)14-10-4-5-17-8-10/h1-3,6,10H,4-5,7-8,13H2,(H,14,15). The van der Waals surface area contributed by atoms with Crippen LogP contribution in [-0.2, 0) is 4.79 Å². The molecule has 1 aliphatic heterocycles. The fourth-order valence-corrected chi connectivity index (χ4v) is 2.82. The lowest BCUT2D eigenvalue weighted by atomic mass is 10.2. The maximum atomic E-state index is 11.6. The van der Waals surface area contributed by atoms with Crippen molar-refractivity contribution in [3.63, 3.8) is 0 Å². The van der Waals surface area contributed by atoms with E-state index in [0.717, 1.165) is 17.9 Å². The summed E-state index contributed by atoms with van der Waals surface area (Å²) in [5.41, 5.74) is 6.25. The average molecular weight is 252 g/mol. The average Bonchev–Trinajstić information content (AvgIpc) is 2.79. The first kappa shape index (κ1) is 12.1. The molecule has 0 aromatic heterocycles. The second-order valence-electron chi connectivity index (χ2n) is 3.99. The lowest BCUT2D eigenvalue weighted by Gasteiger charge is -2.12. The van der Waals surface area contributed by atoms with Crippen LogP contribution >= 0.6 is 11.8 Å². The van der Waals surface area contributed by atoms with E-state index in [9.17, 15) is 4.79 Å². The summed E-state index contributed by atoms with van der Waals surface area (Å²) in [5, 5.41) is 2.95. The Bertz CT molecular complexity index is 392. The number of nitrogens with one attached hydrogen (secondary N) is 1. The number of carbonyl (C=O) groups is 1. The van der Waals surface area contributed by atoms with Gasteiger partial charge in [0.1, 0.15) is 5.75 Å². The van der Waals surface area contributed by atoms with Gasteiger partial charge in [-0.3, -0.25) is 4.79 Å². The van der Waals surface area contributed by atoms with Gasteiger partial charge in [0.25, 0.3) is 5.91 Å². The Hall–Kier alpha value is -1.36. The number of amides is 1. The Morgan fingerprint density at radius 3 is 3.18 bits per heavy atom. The smallest absolute Gasteiger partial charge is 0.258 e. The number of hydrogen-bond donors (Lipinski definition) is 2. The molecule has 4 nitrogen and oxygen atoms in total. The van der Waals surface area contributed by atoms with Crippen LogP contribution in [0.25, 0.3) is 0 Å². The molecule has 0 bridgehead atoms. The maximum Gasteiger partial charge on any atom is 0.258 e. The minimum atomic E-state index is -0.0695. The highest BCUT2D eigenvalue weighted by Crippen LogP contribution is 2.17. The van der Waals surface area contributed by atoms with Gasteiger partial charge in [-0.15, -0.1) is 0 Å². The lowest BCUT2D eigenvalue weighted by Crippen LogP contribution is -2.37. The van der Waals surface area contributed by atoms with Gasteiger partial charge in [0.15, 0.2) is 6.61 Å². The summed E-state index contributed by atoms with van der Waals surface area (Å²) in [6, 6.07) is 7.38. The lowest BCUT2D eigenvalue weighted by molar-refractivity contribution is -0.123. The summed E-state index contributed by atoms with van der Waals surface area (Å²) >= 11 is 1.87. The van der Waals surface area contributed by atoms with Crippen molar-refractivity contribution in [3.8, 4) is 5.75 Å². The van der Waals surface area contributed by atoms with Crippen LogP contribution in [0.5, 0.6) is 5.75 Å². The van der Waals surface area contributed by atoms with Crippen LogP contribution in [0.2, 0.25) is 0 Å². The quantitative estimate of drug-likeness (QED) is 0.792. The molecular weight excluding hydrogens is 236 g/mol. The predicted molar refractivity (Wildman–Crippen MR) is 70.2 cm³/mol. The van der Waals surface area contributed by atoms with Gasteiger partial charge in [-0.25, -0.2) is 0 Å². The van der Waals surface area contributed by atoms with Crippen molar-refractivity contribution in [1.29, 1.82) is 0 Å². The zero-order valence-electron chi connectivity index (χ0n) is 9.52. The van der Waals surface area contributed by atoms with Gasteiger partial charge in [0, 0.05) is 23.5 Å². The van der Waals surface area contributed by atoms with Crippen LogP contribution in [0, 0.1) is 0 Å². The van der Waals surface area contributed by atoms with Crippen molar-refractivity contribution < 1.29 is 9.53 Å². The molecule has 5 heteroatoms. The molecule has 17 heavy (non-hydrogen) atoms. The minimum absolute atomic E-state index is 0.0462. The summed E-state index contributed by atoms with van der Waals surface area (Å²) in [4.78, 5) is 11.6. The monoisotopic (exact) mass is 252 g/mol. The number of nitrogens with two attached hydrogens (primary N) is 1. The molecule has 1 fully saturated rings. The van der Waals surface area contributed by atoms with E-state index < -0.39 is 0 Å². The molecule has 1 atom stereocenters. The predicted octanol–water partition coefficient (Wildman–Crippen LogP) is 1.27. The van der Waals surface area contributed by atoms with E-state index in [4.69, 9.17) is 10.5 Å². The van der Waals surface area contributed by atoms with E-state index in [0.29, 0.717) is 17.5 Å². The van der Waals surface area contributed by atoms with Crippen LogP contribution in [0.3, 0.4) is 0 Å². The van der Waals surface area contributed by atoms with Crippen LogP contribution < -0.4 is 15.8 Å². The van der Waals surface area contributed by atoms with E-state index in [2.05, 4.69) is 5.32 Å². The van der Waals surface area contributed by atoms with Crippen molar-refractivity contribution in [2.24, 2.45) is 0 Å². The molecule has 0 saturated carbocycles. The highest BCUT2D eigenvalue weighted by molar-refractivity contribution is 7.99. The third kappa shape index (κ3) is 3.85. The number of nitrogen functional groups attached to an aromatic ring is 1. The molecular formula is C12H16N2O2S. The fraction of sp³-hybridized carbons (Fsp3) is 0.417. The number of rotatable bonds is 4. The van der Waals surface area contributed by atoms with Gasteiger partial charge >= 0.3 is 0 Å². The van der Waals surface area contributed by atoms with Gasteiger partial charge in [0.2, 0.25) is 0 Å². The van der Waals surface area contributed by atoms with Crippen molar-refractivity contribution >= 4 is 23.4 Å². The molecule has 0 aliphatic carbocycles. The Kier molecular flexibility index (Phi) is 4.14. The van der Waals surface area contributed by atoms with Gasteiger partial charge < -0.3 is 15.8 Å². The zero-order chi connectivity index (χ0) is 12.1. The van der Waals surface area contributed by atoms with E-state index in [-0.39, 0.29) is 12.5 Å². The highest BCUT2D eigenvalue weighted by atomic mass is 32.2. The molecule has 1 aromatic rings. The molecule has 92 valence electrons. The molecule has 0 spiro atoms. The summed E-state index contributed by atoms with van der Waals surface area (Å²) in [7, 11) is 0. The van der Waals surface area contributed by atoms with Crippen molar-refractivity contribution in [3.05, 3.63) is 24.3 Å². The van der Waals surface area contributed by atoms with Gasteiger partial charge in [0.05, 0.1) is 0 Å². The second kappa shape index (κ2) is 5.82. The Balaban J connectivity index is 1.75. The fourth-order valence-electron chi connectivity index (χ4n) is 1.67. The number of anilines is 1. The molecule has 1 saturated heterocycles. The molecule has 1 aromatic carbocycles. The van der Waals surface area contributed by atoms with Crippen molar-refractivity contribution in [1.82, 2.24) is 5.32 Å². The largest absolute Gasteiger partial charge is 0.484 e. The van der Waals surface area contributed by atoms with Gasteiger partial charge in [-0.2, -0.15) is 11.8 Å². The maximum absolute atomic E-state index is 11.6. The molecule has 2 rings (SSSR count). The van der Waals surface area contributed by atoms with Crippen molar-refractivity contribution in [2.75, 3.05) is 23.8 Å². The second-order valence-corrected chi connectivity index (χ2v) is 5.14. The molecule has 1 amide bonds. The number of benzene rings is 1. The van der Waals surface area contributed by atoms with E-state index in [1.807, 2.05) is 11.8 Å². The Morgan fingerprint density at radius 1 is 1.59 bits per heavy atom. The third-order valence-corrected chi connectivity index (χ3v) is 3.69. The van der Waals surface area contributed by atoms with E-state index in [1.165, 1.54) is 0 Å². The van der Waals surface area contributed by atoms with Gasteiger partial charge in [-0.05, 0) is 24.3 Å². The van der Waals surface area contributed by atoms with Gasteiger partial charge in [-0.1, -0.05) is 6.07 Å². The first-order valence-electron chi connectivity index (χ1n) is 5.59. The molecule has 1 heterocycles. The summed E-state index contributed by atoms with van der Waals surface area (Å²) in [6.45, 7) is 0.0462. The third-order valence-electron chi connectivity index (χ3n) is 2.52. The highest BCUT2D eigenvalue weighted by Gasteiger charge is 2.17. The van der Waals surface area contributed by atoms with E-state index >= 15 is 0 Å². The molecule has 3 N–H and O–H groups in total. The van der Waals surface area contributed by atoms with Crippen LogP contribution in [-0.4, -0.2) is 30.1 Å². The number of carbonyl (C=O) groups excluding carboxylic acids is 1. The molecule has 1 unspecified atom stereocenters. The number of ether oxygens (including phenoxy) is 1. The van der Waals surface area contributed by atoms with Crippen LogP contribution in [0.1, 0.15) is 6.42 Å². The van der Waals surface area contributed by atoms with Crippen molar-refractivity contribution in [2.45, 2.75) is 12.5 Å². The Labute approximate surface area is 105 Å². The molecule has 0 radical (unpaired) electrons. The topological polar surface area (TPSA) is 64.3 Å². The molecule has 1 aliphatic rings. The first-order valence-corrected chi connectivity index (χ1v) is 6.75. The summed E-state index contributed by atoms with van der Waals surface area (Å²) in [6.07, 6.45) is 1.05. The van der Waals surface area contributed by atoms with E-state index in [1.54, 1.807) is 24.3 Å².